The monoisotopic (exact) mass is 403 g/mol. The van der Waals surface area contributed by atoms with E-state index in [1.807, 2.05) is 22.9 Å². The van der Waals surface area contributed by atoms with E-state index in [4.69, 9.17) is 9.47 Å². The minimum absolute atomic E-state index is 0.327. The Bertz CT molecular complexity index is 1050. The lowest BCUT2D eigenvalue weighted by atomic mass is 9.88. The second-order valence-electron chi connectivity index (χ2n) is 8.46. The molecule has 6 heteroatoms. The van der Waals surface area contributed by atoms with Gasteiger partial charge >= 0.3 is 5.97 Å². The molecule has 5 rings (SSSR count). The number of nitrogens with zero attached hydrogens (tertiary/aromatic N) is 3. The Hall–Kier alpha value is -2.99. The van der Waals surface area contributed by atoms with Crippen molar-refractivity contribution in [3.8, 4) is 0 Å². The molecule has 2 atom stereocenters. The molecule has 0 N–H and O–H groups in total. The molecule has 1 aliphatic heterocycles. The summed E-state index contributed by atoms with van der Waals surface area (Å²) < 4.78 is 13.6. The highest BCUT2D eigenvalue weighted by molar-refractivity contribution is 5.89. The van der Waals surface area contributed by atoms with Crippen LogP contribution in [0.1, 0.15) is 71.6 Å². The van der Waals surface area contributed by atoms with E-state index < -0.39 is 6.10 Å². The van der Waals surface area contributed by atoms with Crippen molar-refractivity contribution in [1.29, 1.82) is 0 Å². The minimum Gasteiger partial charge on any atom is -0.452 e. The van der Waals surface area contributed by atoms with E-state index in [1.54, 1.807) is 12.1 Å². The van der Waals surface area contributed by atoms with Crippen molar-refractivity contribution in [1.82, 2.24) is 15.0 Å². The third-order valence-electron chi connectivity index (χ3n) is 6.04. The van der Waals surface area contributed by atoms with Crippen LogP contribution >= 0.6 is 0 Å². The first kappa shape index (κ1) is 19.0. The van der Waals surface area contributed by atoms with Gasteiger partial charge in [-0.25, -0.2) is 9.48 Å². The van der Waals surface area contributed by atoms with Crippen LogP contribution in [0.15, 0.2) is 54.6 Å². The van der Waals surface area contributed by atoms with Gasteiger partial charge in [-0.05, 0) is 42.0 Å². The SMILES string of the molecule is CC(C)c1ccc(Cn2nnc3c2[C@@]2(CC[C@H]3OC(=O)c3ccccc3)CO2)cc1. The number of fused-ring (bicyclic) bond motifs is 2. The van der Waals surface area contributed by atoms with Gasteiger partial charge in [-0.1, -0.05) is 61.5 Å². The molecule has 0 bridgehead atoms. The first-order valence-electron chi connectivity index (χ1n) is 10.5. The van der Waals surface area contributed by atoms with Crippen LogP contribution in [0, 0.1) is 0 Å². The van der Waals surface area contributed by atoms with Crippen LogP contribution < -0.4 is 0 Å². The van der Waals surface area contributed by atoms with Gasteiger partial charge < -0.3 is 9.47 Å². The van der Waals surface area contributed by atoms with Crippen LogP contribution in [-0.2, 0) is 21.6 Å². The predicted molar refractivity (Wildman–Crippen MR) is 111 cm³/mol. The van der Waals surface area contributed by atoms with Gasteiger partial charge in [0.15, 0.2) is 0 Å². The van der Waals surface area contributed by atoms with Crippen molar-refractivity contribution in [2.24, 2.45) is 0 Å². The predicted octanol–water partition coefficient (Wildman–Crippen LogP) is 4.37. The molecule has 1 saturated heterocycles. The number of carbonyl (C=O) groups excluding carboxylic acids is 1. The first-order chi connectivity index (χ1) is 14.6. The average Bonchev–Trinajstić information content (AvgIpc) is 3.41. The molecule has 0 saturated carbocycles. The van der Waals surface area contributed by atoms with Crippen LogP contribution in [0.25, 0.3) is 0 Å². The molecule has 0 amide bonds. The van der Waals surface area contributed by atoms with Crippen LogP contribution in [0.5, 0.6) is 0 Å². The zero-order chi connectivity index (χ0) is 20.7. The molecule has 30 heavy (non-hydrogen) atoms. The van der Waals surface area contributed by atoms with E-state index in [-0.39, 0.29) is 11.6 Å². The Labute approximate surface area is 175 Å². The lowest BCUT2D eigenvalue weighted by molar-refractivity contribution is 0.0202. The second kappa shape index (κ2) is 7.36. The standard InChI is InChI=1S/C24H25N3O3/c1-16(2)18-10-8-17(9-11-18)14-27-22-21(25-26-27)20(12-13-24(22)15-29-24)30-23(28)19-6-4-3-5-7-19/h3-11,16,20H,12-15H2,1-2H3/t20-,24-/m1/s1. The maximum Gasteiger partial charge on any atom is 0.338 e. The number of hydrogen-bond donors (Lipinski definition) is 0. The summed E-state index contributed by atoms with van der Waals surface area (Å²) in [5, 5.41) is 8.83. The molecule has 0 unspecified atom stereocenters. The van der Waals surface area contributed by atoms with Gasteiger partial charge in [0.05, 0.1) is 18.7 Å². The van der Waals surface area contributed by atoms with Crippen molar-refractivity contribution in [2.75, 3.05) is 6.61 Å². The summed E-state index contributed by atoms with van der Waals surface area (Å²) >= 11 is 0. The fraction of sp³-hybridized carbons (Fsp3) is 0.375. The third kappa shape index (κ3) is 3.41. The van der Waals surface area contributed by atoms with Crippen LogP contribution in [0.4, 0.5) is 0 Å². The highest BCUT2D eigenvalue weighted by atomic mass is 16.6. The van der Waals surface area contributed by atoms with Gasteiger partial charge in [0.25, 0.3) is 0 Å². The van der Waals surface area contributed by atoms with Crippen LogP contribution in [-0.4, -0.2) is 27.6 Å². The lowest BCUT2D eigenvalue weighted by Gasteiger charge is -2.26. The fourth-order valence-electron chi connectivity index (χ4n) is 4.18. The molecular formula is C24H25N3O3. The second-order valence-corrected chi connectivity index (χ2v) is 8.46. The number of carbonyl (C=O) groups is 1. The van der Waals surface area contributed by atoms with Gasteiger partial charge in [-0.15, -0.1) is 5.10 Å². The Morgan fingerprint density at radius 2 is 1.93 bits per heavy atom. The maximum absolute atomic E-state index is 12.6. The molecule has 1 aliphatic carbocycles. The molecule has 154 valence electrons. The smallest absolute Gasteiger partial charge is 0.338 e. The van der Waals surface area contributed by atoms with E-state index in [2.05, 4.69) is 48.4 Å². The van der Waals surface area contributed by atoms with Crippen LogP contribution in [0.2, 0.25) is 0 Å². The summed E-state index contributed by atoms with van der Waals surface area (Å²) in [5.41, 5.74) is 4.36. The number of benzene rings is 2. The van der Waals surface area contributed by atoms with Gasteiger partial charge in [0.2, 0.25) is 0 Å². The zero-order valence-corrected chi connectivity index (χ0v) is 17.2. The number of epoxide rings is 1. The lowest BCUT2D eigenvalue weighted by Crippen LogP contribution is -2.27. The van der Waals surface area contributed by atoms with Crippen molar-refractivity contribution in [3.05, 3.63) is 82.7 Å². The summed E-state index contributed by atoms with van der Waals surface area (Å²) in [6.45, 7) is 5.66. The highest BCUT2D eigenvalue weighted by Crippen LogP contribution is 2.51. The van der Waals surface area contributed by atoms with E-state index in [1.165, 1.54) is 5.56 Å². The molecule has 1 fully saturated rings. The van der Waals surface area contributed by atoms with Gasteiger partial charge in [-0.3, -0.25) is 0 Å². The molecular weight excluding hydrogens is 378 g/mol. The Morgan fingerprint density at radius 1 is 1.20 bits per heavy atom. The summed E-state index contributed by atoms with van der Waals surface area (Å²) in [6, 6.07) is 17.7. The molecule has 2 aromatic carbocycles. The summed E-state index contributed by atoms with van der Waals surface area (Å²) in [6.07, 6.45) is 1.08. The van der Waals surface area contributed by atoms with Crippen molar-refractivity contribution in [2.45, 2.75) is 50.9 Å². The van der Waals surface area contributed by atoms with Crippen molar-refractivity contribution >= 4 is 5.97 Å². The third-order valence-corrected chi connectivity index (χ3v) is 6.04. The quantitative estimate of drug-likeness (QED) is 0.467. The van der Waals surface area contributed by atoms with Gasteiger partial charge in [0.1, 0.15) is 23.1 Å². The molecule has 3 aromatic rings. The number of ether oxygens (including phenoxy) is 2. The van der Waals surface area contributed by atoms with Crippen LogP contribution in [0.3, 0.4) is 0 Å². The summed E-state index contributed by atoms with van der Waals surface area (Å²) in [7, 11) is 0. The van der Waals surface area contributed by atoms with E-state index >= 15 is 0 Å². The molecule has 2 aliphatic rings. The number of hydrogen-bond acceptors (Lipinski definition) is 5. The summed E-state index contributed by atoms with van der Waals surface area (Å²) in [5.74, 6) is 0.166. The number of esters is 1. The zero-order valence-electron chi connectivity index (χ0n) is 17.2. The maximum atomic E-state index is 12.6. The Balaban J connectivity index is 1.40. The topological polar surface area (TPSA) is 69.5 Å². The van der Waals surface area contributed by atoms with E-state index in [0.717, 1.165) is 23.4 Å². The van der Waals surface area contributed by atoms with Gasteiger partial charge in [0, 0.05) is 0 Å². The normalized spacial score (nSPS) is 22.2. The molecule has 2 heterocycles. The Morgan fingerprint density at radius 3 is 2.60 bits per heavy atom. The Kier molecular flexibility index (Phi) is 4.66. The molecule has 0 radical (unpaired) electrons. The first-order valence-corrected chi connectivity index (χ1v) is 10.5. The van der Waals surface area contributed by atoms with Crippen molar-refractivity contribution < 1.29 is 14.3 Å². The van der Waals surface area contributed by atoms with E-state index in [0.29, 0.717) is 31.1 Å². The molecule has 6 nitrogen and oxygen atoms in total. The molecule has 1 aromatic heterocycles. The van der Waals surface area contributed by atoms with Crippen molar-refractivity contribution in [3.63, 3.8) is 0 Å². The largest absolute Gasteiger partial charge is 0.452 e. The van der Waals surface area contributed by atoms with Gasteiger partial charge in [-0.2, -0.15) is 0 Å². The fourth-order valence-corrected chi connectivity index (χ4v) is 4.18. The highest BCUT2D eigenvalue weighted by Gasteiger charge is 2.55. The number of rotatable bonds is 5. The average molecular weight is 403 g/mol. The molecule has 1 spiro atoms. The summed E-state index contributed by atoms with van der Waals surface area (Å²) in [4.78, 5) is 12.6. The van der Waals surface area contributed by atoms with E-state index in [9.17, 15) is 4.79 Å². The number of aromatic nitrogens is 3. The minimum atomic E-state index is -0.403.